The maximum absolute atomic E-state index is 11.4. The van der Waals surface area contributed by atoms with Gasteiger partial charge >= 0.3 is 5.97 Å². The molecule has 98 valence electrons. The smallest absolute Gasteiger partial charge is 0.356 e. The third-order valence-corrected chi connectivity index (χ3v) is 3.55. The van der Waals surface area contributed by atoms with Crippen LogP contribution in [0.25, 0.3) is 10.6 Å². The average Bonchev–Trinajstić information content (AvgIpc) is 2.84. The second-order valence-electron chi connectivity index (χ2n) is 3.65. The van der Waals surface area contributed by atoms with E-state index in [1.165, 1.54) is 20.2 Å². The van der Waals surface area contributed by atoms with E-state index in [-0.39, 0.29) is 16.4 Å². The molecule has 1 N–H and O–H groups in total. The van der Waals surface area contributed by atoms with E-state index in [0.29, 0.717) is 16.5 Å². The van der Waals surface area contributed by atoms with E-state index in [1.54, 1.807) is 12.1 Å². The van der Waals surface area contributed by atoms with E-state index in [4.69, 9.17) is 9.84 Å². The number of ketones is 1. The van der Waals surface area contributed by atoms with Crippen LogP contribution in [0.3, 0.4) is 0 Å². The number of rotatable bonds is 4. The number of carbonyl (C=O) groups excluding carboxylic acids is 1. The highest BCUT2D eigenvalue weighted by Gasteiger charge is 2.21. The van der Waals surface area contributed by atoms with Crippen molar-refractivity contribution in [2.45, 2.75) is 6.92 Å². The molecule has 0 spiro atoms. The molecule has 19 heavy (non-hydrogen) atoms. The van der Waals surface area contributed by atoms with Gasteiger partial charge in [0.15, 0.2) is 11.5 Å². The van der Waals surface area contributed by atoms with Gasteiger partial charge in [0, 0.05) is 24.8 Å². The van der Waals surface area contributed by atoms with Crippen molar-refractivity contribution >= 4 is 23.1 Å². The molecule has 0 saturated heterocycles. The number of nitrogens with zero attached hydrogens (tertiary/aromatic N) is 2. The van der Waals surface area contributed by atoms with Gasteiger partial charge in [0.25, 0.3) is 0 Å². The summed E-state index contributed by atoms with van der Waals surface area (Å²) in [6.45, 7) is 1.32. The second kappa shape index (κ2) is 5.15. The zero-order valence-electron chi connectivity index (χ0n) is 10.2. The number of thiazole rings is 1. The van der Waals surface area contributed by atoms with Crippen LogP contribution in [0.5, 0.6) is 5.88 Å². The standard InChI is InChI=1S/C12H10N2O4S/c1-6(15)10-9(12(16)17)14-11(19-10)7-3-4-8(18-2)13-5-7/h3-5H,1-2H3,(H,16,17). The van der Waals surface area contributed by atoms with Crippen molar-refractivity contribution in [1.82, 2.24) is 9.97 Å². The number of carbonyl (C=O) groups is 2. The first-order chi connectivity index (χ1) is 9.02. The molecule has 2 heterocycles. The fraction of sp³-hybridized carbons (Fsp3) is 0.167. The number of Topliss-reactive ketones (excluding diaryl/α,β-unsaturated/α-hetero) is 1. The highest BCUT2D eigenvalue weighted by atomic mass is 32.1. The SMILES string of the molecule is COc1ccc(-c2nc(C(=O)O)c(C(C)=O)s2)cn1. The lowest BCUT2D eigenvalue weighted by molar-refractivity contribution is 0.0687. The first kappa shape index (κ1) is 13.2. The summed E-state index contributed by atoms with van der Waals surface area (Å²) in [5, 5.41) is 9.46. The van der Waals surface area contributed by atoms with E-state index < -0.39 is 5.97 Å². The molecule has 2 rings (SSSR count). The Bertz CT molecular complexity index is 602. The van der Waals surface area contributed by atoms with Gasteiger partial charge in [-0.1, -0.05) is 0 Å². The van der Waals surface area contributed by atoms with Crippen LogP contribution in [-0.2, 0) is 0 Å². The molecule has 0 amide bonds. The fourth-order valence-electron chi connectivity index (χ4n) is 1.45. The number of hydrogen-bond donors (Lipinski definition) is 1. The largest absolute Gasteiger partial charge is 0.481 e. The van der Waals surface area contributed by atoms with Crippen LogP contribution in [0.1, 0.15) is 27.1 Å². The topological polar surface area (TPSA) is 89.4 Å². The van der Waals surface area contributed by atoms with E-state index in [2.05, 4.69) is 9.97 Å². The minimum Gasteiger partial charge on any atom is -0.481 e. The number of methoxy groups -OCH3 is 1. The summed E-state index contributed by atoms with van der Waals surface area (Å²) in [5.74, 6) is -1.08. The van der Waals surface area contributed by atoms with Gasteiger partial charge in [0.2, 0.25) is 5.88 Å². The van der Waals surface area contributed by atoms with Crippen molar-refractivity contribution in [1.29, 1.82) is 0 Å². The molecule has 0 aliphatic rings. The van der Waals surface area contributed by atoms with Crippen molar-refractivity contribution in [3.05, 3.63) is 28.9 Å². The predicted molar refractivity (Wildman–Crippen MR) is 68.9 cm³/mol. The second-order valence-corrected chi connectivity index (χ2v) is 4.65. The minimum absolute atomic E-state index is 0.137. The molecule has 0 aromatic carbocycles. The van der Waals surface area contributed by atoms with Crippen molar-refractivity contribution in [3.63, 3.8) is 0 Å². The Morgan fingerprint density at radius 3 is 2.53 bits per heavy atom. The van der Waals surface area contributed by atoms with Crippen molar-refractivity contribution < 1.29 is 19.4 Å². The number of ether oxygens (including phenoxy) is 1. The summed E-state index contributed by atoms with van der Waals surface area (Å²) in [5.41, 5.74) is 0.420. The Kier molecular flexibility index (Phi) is 3.57. The molecule has 7 heteroatoms. The quantitative estimate of drug-likeness (QED) is 0.861. The molecule has 0 saturated carbocycles. The molecule has 0 atom stereocenters. The summed E-state index contributed by atoms with van der Waals surface area (Å²) < 4.78 is 4.93. The average molecular weight is 278 g/mol. The lowest BCUT2D eigenvalue weighted by Crippen LogP contribution is -2.03. The van der Waals surface area contributed by atoms with Crippen LogP contribution in [0, 0.1) is 0 Å². The first-order valence-corrected chi connectivity index (χ1v) is 6.10. The highest BCUT2D eigenvalue weighted by molar-refractivity contribution is 7.17. The van der Waals surface area contributed by atoms with E-state index in [0.717, 1.165) is 11.3 Å². The van der Waals surface area contributed by atoms with Crippen LogP contribution in [0.15, 0.2) is 18.3 Å². The van der Waals surface area contributed by atoms with Gasteiger partial charge in [0.1, 0.15) is 9.88 Å². The Morgan fingerprint density at radius 2 is 2.11 bits per heavy atom. The van der Waals surface area contributed by atoms with Crippen molar-refractivity contribution in [3.8, 4) is 16.5 Å². The number of aromatic carboxylic acids is 1. The molecule has 2 aromatic heterocycles. The lowest BCUT2D eigenvalue weighted by atomic mass is 10.3. The molecular formula is C12H10N2O4S. The number of pyridine rings is 1. The van der Waals surface area contributed by atoms with Gasteiger partial charge in [0.05, 0.1) is 7.11 Å². The number of carboxylic acid groups (broad SMARTS) is 1. The van der Waals surface area contributed by atoms with Gasteiger partial charge in [-0.3, -0.25) is 4.79 Å². The highest BCUT2D eigenvalue weighted by Crippen LogP contribution is 2.28. The van der Waals surface area contributed by atoms with E-state index in [9.17, 15) is 9.59 Å². The van der Waals surface area contributed by atoms with Crippen LogP contribution in [0.4, 0.5) is 0 Å². The van der Waals surface area contributed by atoms with E-state index in [1.807, 2.05) is 0 Å². The molecular weight excluding hydrogens is 268 g/mol. The monoisotopic (exact) mass is 278 g/mol. The van der Waals surface area contributed by atoms with Crippen molar-refractivity contribution in [2.24, 2.45) is 0 Å². The van der Waals surface area contributed by atoms with Crippen LogP contribution in [-0.4, -0.2) is 33.9 Å². The Balaban J connectivity index is 2.47. The normalized spacial score (nSPS) is 10.2. The maximum atomic E-state index is 11.4. The molecule has 0 fully saturated rings. The number of carboxylic acids is 1. The third-order valence-electron chi connectivity index (χ3n) is 2.34. The predicted octanol–water partition coefficient (Wildman–Crippen LogP) is 2.11. The molecule has 6 nitrogen and oxygen atoms in total. The molecule has 0 bridgehead atoms. The van der Waals surface area contributed by atoms with Gasteiger partial charge in [-0.2, -0.15) is 0 Å². The minimum atomic E-state index is -1.21. The summed E-state index contributed by atoms with van der Waals surface area (Å²) >= 11 is 1.04. The molecule has 2 aromatic rings. The third kappa shape index (κ3) is 2.60. The van der Waals surface area contributed by atoms with Gasteiger partial charge in [-0.25, -0.2) is 14.8 Å². The van der Waals surface area contributed by atoms with Gasteiger partial charge in [-0.15, -0.1) is 11.3 Å². The Hall–Kier alpha value is -2.28. The molecule has 0 aliphatic carbocycles. The van der Waals surface area contributed by atoms with Crippen LogP contribution in [0.2, 0.25) is 0 Å². The first-order valence-electron chi connectivity index (χ1n) is 5.28. The molecule has 0 aliphatic heterocycles. The number of hydrogen-bond acceptors (Lipinski definition) is 6. The number of aromatic nitrogens is 2. The summed E-state index contributed by atoms with van der Waals surface area (Å²) in [4.78, 5) is 30.5. The zero-order chi connectivity index (χ0) is 14.0. The van der Waals surface area contributed by atoms with Gasteiger partial charge in [-0.05, 0) is 6.07 Å². The van der Waals surface area contributed by atoms with Crippen LogP contribution < -0.4 is 4.74 Å². The summed E-state index contributed by atoms with van der Waals surface area (Å²) in [7, 11) is 1.50. The molecule has 0 radical (unpaired) electrons. The van der Waals surface area contributed by atoms with Gasteiger partial charge < -0.3 is 9.84 Å². The summed E-state index contributed by atoms with van der Waals surface area (Å²) in [6, 6.07) is 3.35. The van der Waals surface area contributed by atoms with Crippen LogP contribution >= 0.6 is 11.3 Å². The Labute approximate surface area is 112 Å². The maximum Gasteiger partial charge on any atom is 0.356 e. The zero-order valence-corrected chi connectivity index (χ0v) is 11.0. The fourth-order valence-corrected chi connectivity index (χ4v) is 2.40. The Morgan fingerprint density at radius 1 is 1.37 bits per heavy atom. The van der Waals surface area contributed by atoms with E-state index >= 15 is 0 Å². The summed E-state index contributed by atoms with van der Waals surface area (Å²) in [6.07, 6.45) is 1.52. The lowest BCUT2D eigenvalue weighted by Gasteiger charge is -1.98. The van der Waals surface area contributed by atoms with Crippen molar-refractivity contribution in [2.75, 3.05) is 7.11 Å². The molecule has 0 unspecified atom stereocenters.